The highest BCUT2D eigenvalue weighted by Gasteiger charge is 2.36. The average Bonchev–Trinajstić information content (AvgIpc) is 2.76. The number of unbranched alkanes of at least 4 members (excludes halogenated alkanes) is 4. The number of rotatable bonds is 7. The normalized spacial score (nSPS) is 29.5. The SMILES string of the molecule is CCCCCCCC(=O)N(C)C1CC2CCC(C1)N2. The summed E-state index contributed by atoms with van der Waals surface area (Å²) in [7, 11) is 2.02. The van der Waals surface area contributed by atoms with Gasteiger partial charge < -0.3 is 10.2 Å². The topological polar surface area (TPSA) is 32.3 Å². The molecule has 2 atom stereocenters. The second-order valence-corrected chi connectivity index (χ2v) is 6.43. The number of hydrogen-bond donors (Lipinski definition) is 1. The summed E-state index contributed by atoms with van der Waals surface area (Å²) in [4.78, 5) is 14.3. The van der Waals surface area contributed by atoms with Crippen LogP contribution in [0.1, 0.15) is 71.1 Å². The minimum absolute atomic E-state index is 0.364. The molecule has 2 rings (SSSR count). The summed E-state index contributed by atoms with van der Waals surface area (Å²) < 4.78 is 0. The quantitative estimate of drug-likeness (QED) is 0.718. The van der Waals surface area contributed by atoms with E-state index in [1.165, 1.54) is 38.5 Å². The third-order valence-corrected chi connectivity index (χ3v) is 4.88. The van der Waals surface area contributed by atoms with E-state index in [4.69, 9.17) is 0 Å². The molecule has 2 aliphatic heterocycles. The van der Waals surface area contributed by atoms with Crippen LogP contribution < -0.4 is 5.32 Å². The van der Waals surface area contributed by atoms with Crippen molar-refractivity contribution in [3.8, 4) is 0 Å². The van der Waals surface area contributed by atoms with Crippen LogP contribution in [0.25, 0.3) is 0 Å². The molecule has 0 radical (unpaired) electrons. The van der Waals surface area contributed by atoms with Crippen molar-refractivity contribution in [3.05, 3.63) is 0 Å². The molecule has 2 heterocycles. The Morgan fingerprint density at radius 2 is 1.74 bits per heavy atom. The van der Waals surface area contributed by atoms with Crippen molar-refractivity contribution in [2.24, 2.45) is 0 Å². The van der Waals surface area contributed by atoms with E-state index in [-0.39, 0.29) is 0 Å². The Hall–Kier alpha value is -0.570. The fourth-order valence-corrected chi connectivity index (χ4v) is 3.60. The van der Waals surface area contributed by atoms with Crippen LogP contribution in [0, 0.1) is 0 Å². The van der Waals surface area contributed by atoms with E-state index >= 15 is 0 Å². The third-order valence-electron chi connectivity index (χ3n) is 4.88. The van der Waals surface area contributed by atoms with Crippen LogP contribution in [0.3, 0.4) is 0 Å². The van der Waals surface area contributed by atoms with E-state index in [9.17, 15) is 4.79 Å². The Bertz CT molecular complexity index is 280. The molecule has 2 saturated heterocycles. The highest BCUT2D eigenvalue weighted by atomic mass is 16.2. The maximum absolute atomic E-state index is 12.2. The zero-order valence-corrected chi connectivity index (χ0v) is 12.7. The Balaban J connectivity index is 1.67. The van der Waals surface area contributed by atoms with Crippen LogP contribution in [-0.2, 0) is 4.79 Å². The van der Waals surface area contributed by atoms with Crippen molar-refractivity contribution < 1.29 is 4.79 Å². The lowest BCUT2D eigenvalue weighted by Gasteiger charge is -2.35. The molecule has 0 aromatic heterocycles. The van der Waals surface area contributed by atoms with Crippen molar-refractivity contribution in [2.45, 2.75) is 89.3 Å². The Morgan fingerprint density at radius 3 is 2.37 bits per heavy atom. The molecule has 19 heavy (non-hydrogen) atoms. The van der Waals surface area contributed by atoms with Gasteiger partial charge in [0.05, 0.1) is 0 Å². The largest absolute Gasteiger partial charge is 0.343 e. The van der Waals surface area contributed by atoms with Gasteiger partial charge in [-0.25, -0.2) is 0 Å². The molecule has 3 nitrogen and oxygen atoms in total. The minimum Gasteiger partial charge on any atom is -0.343 e. The minimum atomic E-state index is 0.364. The van der Waals surface area contributed by atoms with Crippen LogP contribution in [-0.4, -0.2) is 36.0 Å². The number of carbonyl (C=O) groups is 1. The van der Waals surface area contributed by atoms with Gasteiger partial charge >= 0.3 is 0 Å². The number of hydrogen-bond acceptors (Lipinski definition) is 2. The third kappa shape index (κ3) is 4.20. The second-order valence-electron chi connectivity index (χ2n) is 6.43. The van der Waals surface area contributed by atoms with Gasteiger partial charge in [0, 0.05) is 31.6 Å². The van der Waals surface area contributed by atoms with Gasteiger partial charge in [0.15, 0.2) is 0 Å². The van der Waals surface area contributed by atoms with E-state index in [0.29, 0.717) is 24.0 Å². The van der Waals surface area contributed by atoms with Gasteiger partial charge in [-0.3, -0.25) is 4.79 Å². The number of piperidine rings is 1. The van der Waals surface area contributed by atoms with Crippen LogP contribution in [0.2, 0.25) is 0 Å². The molecule has 0 aromatic rings. The van der Waals surface area contributed by atoms with E-state index in [1.807, 2.05) is 11.9 Å². The summed E-state index contributed by atoms with van der Waals surface area (Å²) in [5.74, 6) is 0.364. The number of nitrogens with zero attached hydrogens (tertiary/aromatic N) is 1. The number of nitrogens with one attached hydrogen (secondary N) is 1. The van der Waals surface area contributed by atoms with Crippen molar-refractivity contribution >= 4 is 5.91 Å². The summed E-state index contributed by atoms with van der Waals surface area (Å²) in [5, 5.41) is 3.64. The first kappa shape index (κ1) is 14.8. The number of amides is 1. The highest BCUT2D eigenvalue weighted by Crippen LogP contribution is 2.29. The molecule has 2 fully saturated rings. The number of carbonyl (C=O) groups excluding carboxylic acids is 1. The molecular formula is C16H30N2O. The van der Waals surface area contributed by atoms with Crippen molar-refractivity contribution in [2.75, 3.05) is 7.05 Å². The van der Waals surface area contributed by atoms with Crippen LogP contribution in [0.4, 0.5) is 0 Å². The molecule has 1 N–H and O–H groups in total. The number of fused-ring (bicyclic) bond motifs is 2. The lowest BCUT2D eigenvalue weighted by atomic mass is 9.98. The van der Waals surface area contributed by atoms with Crippen LogP contribution >= 0.6 is 0 Å². The Labute approximate surface area is 118 Å². The Morgan fingerprint density at radius 1 is 1.11 bits per heavy atom. The van der Waals surface area contributed by atoms with Gasteiger partial charge in [-0.1, -0.05) is 32.6 Å². The van der Waals surface area contributed by atoms with Crippen LogP contribution in [0.15, 0.2) is 0 Å². The lowest BCUT2D eigenvalue weighted by Crippen LogP contribution is -2.48. The smallest absolute Gasteiger partial charge is 0.222 e. The molecule has 2 aliphatic rings. The summed E-state index contributed by atoms with van der Waals surface area (Å²) in [6.07, 6.45) is 11.8. The van der Waals surface area contributed by atoms with Crippen molar-refractivity contribution in [1.29, 1.82) is 0 Å². The molecule has 110 valence electrons. The molecular weight excluding hydrogens is 236 g/mol. The summed E-state index contributed by atoms with van der Waals surface area (Å²) >= 11 is 0. The fourth-order valence-electron chi connectivity index (χ4n) is 3.60. The summed E-state index contributed by atoms with van der Waals surface area (Å²) in [6, 6.07) is 1.83. The average molecular weight is 266 g/mol. The van der Waals surface area contributed by atoms with Gasteiger partial charge in [0.25, 0.3) is 0 Å². The predicted molar refractivity (Wildman–Crippen MR) is 79.1 cm³/mol. The van der Waals surface area contributed by atoms with Gasteiger partial charge in [-0.15, -0.1) is 0 Å². The zero-order valence-electron chi connectivity index (χ0n) is 12.7. The van der Waals surface area contributed by atoms with Gasteiger partial charge in [-0.2, -0.15) is 0 Å². The predicted octanol–water partition coefficient (Wildman–Crippen LogP) is 3.09. The molecule has 0 aliphatic carbocycles. The molecule has 3 heteroatoms. The van der Waals surface area contributed by atoms with E-state index in [2.05, 4.69) is 12.2 Å². The highest BCUT2D eigenvalue weighted by molar-refractivity contribution is 5.76. The molecule has 0 aromatic carbocycles. The first-order valence-electron chi connectivity index (χ1n) is 8.22. The molecule has 2 unspecified atom stereocenters. The van der Waals surface area contributed by atoms with Crippen molar-refractivity contribution in [1.82, 2.24) is 10.2 Å². The first-order valence-corrected chi connectivity index (χ1v) is 8.22. The lowest BCUT2D eigenvalue weighted by molar-refractivity contribution is -0.132. The van der Waals surface area contributed by atoms with E-state index in [1.54, 1.807) is 0 Å². The molecule has 2 bridgehead atoms. The maximum Gasteiger partial charge on any atom is 0.222 e. The molecule has 0 saturated carbocycles. The Kier molecular flexibility index (Phi) is 5.68. The monoisotopic (exact) mass is 266 g/mol. The van der Waals surface area contributed by atoms with Crippen molar-refractivity contribution in [3.63, 3.8) is 0 Å². The van der Waals surface area contributed by atoms with E-state index < -0.39 is 0 Å². The van der Waals surface area contributed by atoms with Crippen LogP contribution in [0.5, 0.6) is 0 Å². The second kappa shape index (κ2) is 7.28. The van der Waals surface area contributed by atoms with Gasteiger partial charge in [0.1, 0.15) is 0 Å². The summed E-state index contributed by atoms with van der Waals surface area (Å²) in [5.41, 5.74) is 0. The summed E-state index contributed by atoms with van der Waals surface area (Å²) in [6.45, 7) is 2.23. The van der Waals surface area contributed by atoms with E-state index in [0.717, 1.165) is 25.7 Å². The van der Waals surface area contributed by atoms with Gasteiger partial charge in [0.2, 0.25) is 5.91 Å². The first-order chi connectivity index (χ1) is 9.20. The maximum atomic E-state index is 12.2. The molecule has 0 spiro atoms. The standard InChI is InChI=1S/C16H30N2O/c1-3-4-5-6-7-8-16(19)18(2)15-11-13-9-10-14(12-15)17-13/h13-15,17H,3-12H2,1-2H3. The molecule has 1 amide bonds. The van der Waals surface area contributed by atoms with Gasteiger partial charge in [-0.05, 0) is 32.1 Å². The zero-order chi connectivity index (χ0) is 13.7. The fraction of sp³-hybridized carbons (Fsp3) is 0.938.